The van der Waals surface area contributed by atoms with E-state index in [9.17, 15) is 9.59 Å². The smallest absolute Gasteiger partial charge is 0.338 e. The van der Waals surface area contributed by atoms with Crippen molar-refractivity contribution in [3.8, 4) is 0 Å². The Morgan fingerprint density at radius 3 is 1.93 bits per heavy atom. The van der Waals surface area contributed by atoms with E-state index in [1.165, 1.54) is 28.6 Å². The summed E-state index contributed by atoms with van der Waals surface area (Å²) in [6.45, 7) is 12.0. The standard InChI is InChI=1S/C33H38FNO4Si/c1-32(2,3)38-31(37)22-17-18-28(27(34)19-22)35-23-20-26(30(35)36)29(21-23)39-40(33(4,5)6,24-13-9-7-10-14-24)25-15-11-8-12-16-25/h7-19,23,26,29H,20-21H2,1-6H3/t23-,26+,29+/m0/s1. The quantitative estimate of drug-likeness (QED) is 0.281. The van der Waals surface area contributed by atoms with E-state index in [-0.39, 0.29) is 40.3 Å². The first-order chi connectivity index (χ1) is 18.8. The molecule has 1 aliphatic carbocycles. The van der Waals surface area contributed by atoms with Gasteiger partial charge in [-0.25, -0.2) is 9.18 Å². The third-order valence-electron chi connectivity index (χ3n) is 7.99. The molecule has 1 saturated heterocycles. The summed E-state index contributed by atoms with van der Waals surface area (Å²) in [5.74, 6) is -1.67. The molecule has 1 saturated carbocycles. The van der Waals surface area contributed by atoms with Gasteiger partial charge in [0.2, 0.25) is 5.91 Å². The number of piperidine rings is 1. The van der Waals surface area contributed by atoms with Gasteiger partial charge in [0.15, 0.2) is 0 Å². The Morgan fingerprint density at radius 2 is 1.45 bits per heavy atom. The zero-order valence-electron chi connectivity index (χ0n) is 24.1. The normalized spacial score (nSPS) is 21.1. The van der Waals surface area contributed by atoms with Crippen LogP contribution in [-0.4, -0.2) is 37.9 Å². The summed E-state index contributed by atoms with van der Waals surface area (Å²) in [4.78, 5) is 27.8. The van der Waals surface area contributed by atoms with Crippen molar-refractivity contribution in [3.05, 3.63) is 90.2 Å². The van der Waals surface area contributed by atoms with E-state index in [4.69, 9.17) is 9.16 Å². The van der Waals surface area contributed by atoms with E-state index in [2.05, 4.69) is 45.0 Å². The van der Waals surface area contributed by atoms with Gasteiger partial charge >= 0.3 is 5.97 Å². The van der Waals surface area contributed by atoms with Crippen molar-refractivity contribution in [2.24, 2.45) is 5.92 Å². The van der Waals surface area contributed by atoms with Crippen molar-refractivity contribution in [1.29, 1.82) is 0 Å². The summed E-state index contributed by atoms with van der Waals surface area (Å²) < 4.78 is 28.0. The Kier molecular flexibility index (Phi) is 7.25. The van der Waals surface area contributed by atoms with Crippen molar-refractivity contribution < 1.29 is 23.1 Å². The number of hydrogen-bond acceptors (Lipinski definition) is 4. The highest BCUT2D eigenvalue weighted by molar-refractivity contribution is 6.99. The maximum atomic E-state index is 15.3. The van der Waals surface area contributed by atoms with Gasteiger partial charge in [-0.05, 0) is 67.2 Å². The van der Waals surface area contributed by atoms with Gasteiger partial charge < -0.3 is 14.1 Å². The maximum Gasteiger partial charge on any atom is 0.338 e. The minimum Gasteiger partial charge on any atom is -0.456 e. The number of anilines is 1. The van der Waals surface area contributed by atoms with E-state index >= 15 is 4.39 Å². The minimum atomic E-state index is -2.83. The van der Waals surface area contributed by atoms with Gasteiger partial charge in [-0.15, -0.1) is 0 Å². The van der Waals surface area contributed by atoms with Gasteiger partial charge in [0.25, 0.3) is 8.32 Å². The van der Waals surface area contributed by atoms with Crippen molar-refractivity contribution in [1.82, 2.24) is 0 Å². The van der Waals surface area contributed by atoms with Crippen molar-refractivity contribution in [2.45, 2.75) is 77.2 Å². The number of esters is 1. The Bertz CT molecular complexity index is 1360. The number of ether oxygens (including phenoxy) is 1. The molecule has 5 nitrogen and oxygen atoms in total. The lowest BCUT2D eigenvalue weighted by Gasteiger charge is -2.46. The molecule has 2 bridgehead atoms. The first-order valence-corrected chi connectivity index (χ1v) is 15.9. The molecular formula is C33H38FNO4Si. The summed E-state index contributed by atoms with van der Waals surface area (Å²) in [6, 6.07) is 24.9. The first-order valence-electron chi connectivity index (χ1n) is 14.0. The van der Waals surface area contributed by atoms with Crippen LogP contribution in [0.15, 0.2) is 78.9 Å². The van der Waals surface area contributed by atoms with Crippen LogP contribution in [0.25, 0.3) is 0 Å². The van der Waals surface area contributed by atoms with E-state index in [1.54, 1.807) is 25.7 Å². The number of carbonyl (C=O) groups is 2. The molecular weight excluding hydrogens is 521 g/mol. The van der Waals surface area contributed by atoms with Gasteiger partial charge in [0.05, 0.1) is 23.3 Å². The summed E-state index contributed by atoms with van der Waals surface area (Å²) in [7, 11) is -2.83. The molecule has 3 aromatic rings. The Labute approximate surface area is 237 Å². The predicted molar refractivity (Wildman–Crippen MR) is 158 cm³/mol. The summed E-state index contributed by atoms with van der Waals surface area (Å²) in [6.07, 6.45) is 0.993. The number of hydrogen-bond donors (Lipinski definition) is 0. The average Bonchev–Trinajstić information content (AvgIpc) is 3.44. The number of fused-ring (bicyclic) bond motifs is 2. The lowest BCUT2D eigenvalue weighted by molar-refractivity contribution is -0.124. The topological polar surface area (TPSA) is 55.8 Å². The molecule has 5 rings (SSSR count). The van der Waals surface area contributed by atoms with Crippen molar-refractivity contribution >= 4 is 36.3 Å². The van der Waals surface area contributed by atoms with Crippen LogP contribution in [0.1, 0.15) is 64.7 Å². The van der Waals surface area contributed by atoms with Crippen LogP contribution in [0, 0.1) is 11.7 Å². The Balaban J connectivity index is 1.44. The van der Waals surface area contributed by atoms with Gasteiger partial charge in [0, 0.05) is 6.04 Å². The van der Waals surface area contributed by atoms with Crippen LogP contribution in [0.5, 0.6) is 0 Å². The monoisotopic (exact) mass is 559 g/mol. The van der Waals surface area contributed by atoms with Crippen molar-refractivity contribution in [2.75, 3.05) is 4.90 Å². The molecule has 7 heteroatoms. The lowest BCUT2D eigenvalue weighted by Crippen LogP contribution is -2.68. The maximum absolute atomic E-state index is 15.3. The number of benzene rings is 3. The second-order valence-electron chi connectivity index (χ2n) is 12.9. The molecule has 1 aliphatic heterocycles. The van der Waals surface area contributed by atoms with E-state index < -0.39 is 25.7 Å². The third-order valence-corrected chi connectivity index (χ3v) is 13.0. The molecule has 0 spiro atoms. The van der Waals surface area contributed by atoms with Crippen LogP contribution in [0.3, 0.4) is 0 Å². The van der Waals surface area contributed by atoms with E-state index in [0.29, 0.717) is 12.8 Å². The molecule has 2 aliphatic rings. The van der Waals surface area contributed by atoms with E-state index in [1.807, 2.05) is 36.4 Å². The highest BCUT2D eigenvalue weighted by atomic mass is 28.4. The molecule has 0 aromatic heterocycles. The minimum absolute atomic E-state index is 0.122. The molecule has 1 amide bonds. The fraction of sp³-hybridized carbons (Fsp3) is 0.394. The molecule has 40 heavy (non-hydrogen) atoms. The summed E-state index contributed by atoms with van der Waals surface area (Å²) >= 11 is 0. The van der Waals surface area contributed by atoms with Crippen LogP contribution in [0.2, 0.25) is 5.04 Å². The van der Waals surface area contributed by atoms with Gasteiger partial charge in [-0.2, -0.15) is 0 Å². The molecule has 1 heterocycles. The van der Waals surface area contributed by atoms with Crippen LogP contribution in [-0.2, 0) is 14.0 Å². The molecule has 3 atom stereocenters. The molecule has 2 fully saturated rings. The number of carbonyl (C=O) groups excluding carboxylic acids is 2. The first kappa shape index (κ1) is 28.2. The number of rotatable bonds is 6. The highest BCUT2D eigenvalue weighted by Gasteiger charge is 2.58. The van der Waals surface area contributed by atoms with Crippen molar-refractivity contribution in [3.63, 3.8) is 0 Å². The Morgan fingerprint density at radius 1 is 0.875 bits per heavy atom. The zero-order valence-corrected chi connectivity index (χ0v) is 25.1. The second kappa shape index (κ2) is 10.3. The average molecular weight is 560 g/mol. The van der Waals surface area contributed by atoms with E-state index in [0.717, 1.165) is 0 Å². The molecule has 0 unspecified atom stereocenters. The molecule has 0 N–H and O–H groups in total. The molecule has 0 radical (unpaired) electrons. The van der Waals surface area contributed by atoms with Gasteiger partial charge in [-0.1, -0.05) is 81.4 Å². The third kappa shape index (κ3) is 5.01. The van der Waals surface area contributed by atoms with Crippen LogP contribution in [0.4, 0.5) is 10.1 Å². The number of amides is 1. The second-order valence-corrected chi connectivity index (χ2v) is 17.2. The molecule has 3 aromatic carbocycles. The van der Waals surface area contributed by atoms with Crippen LogP contribution < -0.4 is 15.3 Å². The summed E-state index contributed by atoms with van der Waals surface area (Å²) in [5, 5.41) is 2.14. The Hall–Kier alpha value is -3.29. The highest BCUT2D eigenvalue weighted by Crippen LogP contribution is 2.47. The predicted octanol–water partition coefficient (Wildman–Crippen LogP) is 5.85. The number of halogens is 1. The van der Waals surface area contributed by atoms with Gasteiger partial charge in [0.1, 0.15) is 11.4 Å². The largest absolute Gasteiger partial charge is 0.456 e. The fourth-order valence-electron chi connectivity index (χ4n) is 6.33. The summed E-state index contributed by atoms with van der Waals surface area (Å²) in [5.41, 5.74) is -0.356. The fourth-order valence-corrected chi connectivity index (χ4v) is 11.1. The van der Waals surface area contributed by atoms with Crippen LogP contribution >= 0.6 is 0 Å². The SMILES string of the molecule is CC(C)(C)OC(=O)c1ccc(N2C(=O)[C@@H]3C[C@H]2C[C@H]3O[Si](c2ccccc2)(c2ccccc2)C(C)(C)C)c(F)c1. The van der Waals surface area contributed by atoms with Gasteiger partial charge in [-0.3, -0.25) is 4.79 Å². The molecule has 210 valence electrons. The zero-order chi connectivity index (χ0) is 28.9. The lowest BCUT2D eigenvalue weighted by atomic mass is 10.0. The number of nitrogens with zero attached hydrogens (tertiary/aromatic N) is 1.